The summed E-state index contributed by atoms with van der Waals surface area (Å²) in [5.74, 6) is 0. The molecule has 0 amide bonds. The van der Waals surface area contributed by atoms with Gasteiger partial charge in [-0.1, -0.05) is 28.1 Å². The van der Waals surface area contributed by atoms with Crippen molar-refractivity contribution in [1.82, 2.24) is 24.3 Å². The van der Waals surface area contributed by atoms with Gasteiger partial charge in [0.15, 0.2) is 0 Å². The molecule has 0 unspecified atom stereocenters. The lowest BCUT2D eigenvalue weighted by Gasteiger charge is -2.07. The molecule has 0 fully saturated rings. The van der Waals surface area contributed by atoms with Crippen molar-refractivity contribution in [3.63, 3.8) is 0 Å². The zero-order chi connectivity index (χ0) is 19.8. The Labute approximate surface area is 157 Å². The molecule has 28 heavy (non-hydrogen) atoms. The van der Waals surface area contributed by atoms with Crippen LogP contribution in [0.15, 0.2) is 58.3 Å². The van der Waals surface area contributed by atoms with Gasteiger partial charge in [0.2, 0.25) is 0 Å². The molecule has 0 saturated heterocycles. The molecule has 9 heteroatoms. The highest BCUT2D eigenvalue weighted by atomic mass is 16.5. The second-order valence-corrected chi connectivity index (χ2v) is 6.30. The average molecular weight is 374 g/mol. The van der Waals surface area contributed by atoms with Crippen LogP contribution in [-0.4, -0.2) is 29.5 Å². The van der Waals surface area contributed by atoms with E-state index >= 15 is 0 Å². The summed E-state index contributed by atoms with van der Waals surface area (Å²) in [4.78, 5) is 24.0. The van der Waals surface area contributed by atoms with E-state index in [1.807, 2.05) is 12.1 Å². The lowest BCUT2D eigenvalue weighted by Crippen LogP contribution is -2.37. The molecule has 0 aliphatic carbocycles. The second-order valence-electron chi connectivity index (χ2n) is 6.30. The summed E-state index contributed by atoms with van der Waals surface area (Å²) in [5, 5.41) is 27.0. The first-order chi connectivity index (χ1) is 13.5. The third-order valence-corrected chi connectivity index (χ3v) is 4.51. The number of nitrogens with zero attached hydrogens (tertiary/aromatic N) is 6. The van der Waals surface area contributed by atoms with Crippen LogP contribution >= 0.6 is 0 Å². The largest absolute Gasteiger partial charge is 0.421 e. The minimum atomic E-state index is -0.807. The van der Waals surface area contributed by atoms with Crippen LogP contribution in [0.3, 0.4) is 0 Å². The molecule has 2 heterocycles. The normalized spacial score (nSPS) is 10.9. The van der Waals surface area contributed by atoms with Gasteiger partial charge in [0, 0.05) is 12.6 Å². The van der Waals surface area contributed by atoms with E-state index in [2.05, 4.69) is 16.4 Å². The highest BCUT2D eigenvalue weighted by Gasteiger charge is 2.12. The fourth-order valence-corrected chi connectivity index (χ4v) is 2.98. The number of nitriles is 1. The summed E-state index contributed by atoms with van der Waals surface area (Å²) >= 11 is 0. The highest BCUT2D eigenvalue weighted by Crippen LogP contribution is 2.20. The predicted octanol–water partition coefficient (Wildman–Crippen LogP) is 1.12. The van der Waals surface area contributed by atoms with E-state index < -0.39 is 11.2 Å². The molecule has 0 bridgehead atoms. The smallest absolute Gasteiger partial charge is 0.364 e. The van der Waals surface area contributed by atoms with Crippen LogP contribution in [-0.2, 0) is 13.6 Å². The lowest BCUT2D eigenvalue weighted by atomic mass is 10.1. The molecular weight excluding hydrogens is 360 g/mol. The Kier molecular flexibility index (Phi) is 4.01. The number of benzene rings is 2. The van der Waals surface area contributed by atoms with Gasteiger partial charge in [-0.3, -0.25) is 9.36 Å². The van der Waals surface area contributed by atoms with Gasteiger partial charge in [-0.2, -0.15) is 5.26 Å². The number of fused-ring (bicyclic) bond motifs is 1. The maximum absolute atomic E-state index is 12.2. The van der Waals surface area contributed by atoms with Crippen molar-refractivity contribution in [3.05, 3.63) is 80.6 Å². The number of aryl methyl sites for hydroxylation is 1. The molecule has 9 nitrogen and oxygen atoms in total. The fourth-order valence-electron chi connectivity index (χ4n) is 2.98. The van der Waals surface area contributed by atoms with Crippen molar-refractivity contribution >= 4 is 10.9 Å². The van der Waals surface area contributed by atoms with Crippen LogP contribution in [0, 0.1) is 11.3 Å². The molecule has 4 rings (SSSR count). The van der Waals surface area contributed by atoms with Crippen LogP contribution in [0.1, 0.15) is 11.1 Å². The molecule has 0 spiro atoms. The number of hydrogen-bond acceptors (Lipinski definition) is 6. The second kappa shape index (κ2) is 6.51. The maximum atomic E-state index is 12.2. The first-order valence-corrected chi connectivity index (χ1v) is 8.32. The molecule has 0 aliphatic heterocycles. The Morgan fingerprint density at radius 2 is 1.89 bits per heavy atom. The van der Waals surface area contributed by atoms with Crippen LogP contribution in [0.25, 0.3) is 22.2 Å². The van der Waals surface area contributed by atoms with Crippen LogP contribution in [0.4, 0.5) is 0 Å². The molecule has 1 N–H and O–H groups in total. The van der Waals surface area contributed by atoms with Gasteiger partial charge in [0.1, 0.15) is 5.69 Å². The van der Waals surface area contributed by atoms with Gasteiger partial charge in [-0.15, -0.1) is 5.10 Å². The Bertz CT molecular complexity index is 1360. The Hall–Kier alpha value is -4.19. The molecule has 0 radical (unpaired) electrons. The minimum absolute atomic E-state index is 0.0911. The molecule has 2 aromatic heterocycles. The molecule has 0 aliphatic rings. The SMILES string of the molecule is Cn1c(=O)n(O)c(=O)c2cc(-c3cn(Cc4ccc(C#N)cc4)nn3)ccc21. The molecular formula is C19H14N6O3. The van der Waals surface area contributed by atoms with E-state index in [1.54, 1.807) is 41.2 Å². The maximum Gasteiger partial charge on any atom is 0.364 e. The molecule has 4 aromatic rings. The van der Waals surface area contributed by atoms with Gasteiger partial charge in [0.05, 0.1) is 35.3 Å². The van der Waals surface area contributed by atoms with Crippen molar-refractivity contribution in [1.29, 1.82) is 5.26 Å². The van der Waals surface area contributed by atoms with Crippen molar-refractivity contribution in [2.75, 3.05) is 0 Å². The molecule has 2 aromatic carbocycles. The molecule has 0 atom stereocenters. The summed E-state index contributed by atoms with van der Waals surface area (Å²) in [6, 6.07) is 14.2. The zero-order valence-corrected chi connectivity index (χ0v) is 14.8. The Balaban J connectivity index is 1.70. The van der Waals surface area contributed by atoms with Crippen LogP contribution in [0.2, 0.25) is 0 Å². The number of rotatable bonds is 3. The van der Waals surface area contributed by atoms with E-state index in [0.29, 0.717) is 28.9 Å². The van der Waals surface area contributed by atoms with Crippen LogP contribution in [0.5, 0.6) is 0 Å². The highest BCUT2D eigenvalue weighted by molar-refractivity contribution is 5.83. The van der Waals surface area contributed by atoms with Gasteiger partial charge in [-0.25, -0.2) is 9.48 Å². The fraction of sp³-hybridized carbons (Fsp3) is 0.105. The topological polar surface area (TPSA) is 119 Å². The van der Waals surface area contributed by atoms with Crippen molar-refractivity contribution in [2.24, 2.45) is 7.05 Å². The van der Waals surface area contributed by atoms with E-state index in [9.17, 15) is 14.8 Å². The van der Waals surface area contributed by atoms with E-state index in [-0.39, 0.29) is 10.1 Å². The first kappa shape index (κ1) is 17.2. The Morgan fingerprint density at radius 1 is 1.14 bits per heavy atom. The Morgan fingerprint density at radius 3 is 2.61 bits per heavy atom. The average Bonchev–Trinajstić information content (AvgIpc) is 3.19. The van der Waals surface area contributed by atoms with Crippen molar-refractivity contribution in [3.8, 4) is 17.3 Å². The summed E-state index contributed by atoms with van der Waals surface area (Å²) in [7, 11) is 1.48. The summed E-state index contributed by atoms with van der Waals surface area (Å²) in [5.41, 5.74) is 1.55. The van der Waals surface area contributed by atoms with Gasteiger partial charge >= 0.3 is 5.69 Å². The van der Waals surface area contributed by atoms with E-state index in [1.165, 1.54) is 11.6 Å². The monoisotopic (exact) mass is 374 g/mol. The summed E-state index contributed by atoms with van der Waals surface area (Å²) in [6.07, 6.45) is 1.73. The lowest BCUT2D eigenvalue weighted by molar-refractivity contribution is 0.158. The number of aromatic nitrogens is 5. The quantitative estimate of drug-likeness (QED) is 0.537. The predicted molar refractivity (Wildman–Crippen MR) is 99.9 cm³/mol. The first-order valence-electron chi connectivity index (χ1n) is 8.32. The van der Waals surface area contributed by atoms with Gasteiger partial charge in [-0.05, 0) is 29.8 Å². The van der Waals surface area contributed by atoms with Gasteiger partial charge in [0.25, 0.3) is 5.56 Å². The van der Waals surface area contributed by atoms with Gasteiger partial charge < -0.3 is 5.21 Å². The number of hydrogen-bond donors (Lipinski definition) is 1. The molecule has 138 valence electrons. The van der Waals surface area contributed by atoms with Crippen molar-refractivity contribution in [2.45, 2.75) is 6.54 Å². The van der Waals surface area contributed by atoms with E-state index in [0.717, 1.165) is 5.56 Å². The summed E-state index contributed by atoms with van der Waals surface area (Å²) < 4.78 is 2.93. The molecule has 0 saturated carbocycles. The van der Waals surface area contributed by atoms with E-state index in [4.69, 9.17) is 5.26 Å². The third-order valence-electron chi connectivity index (χ3n) is 4.51. The minimum Gasteiger partial charge on any atom is -0.421 e. The van der Waals surface area contributed by atoms with Crippen LogP contribution < -0.4 is 11.2 Å². The summed E-state index contributed by atoms with van der Waals surface area (Å²) in [6.45, 7) is 0.476. The standard InChI is InChI=1S/C19H14N6O3/c1-23-17-7-6-14(8-15(17)18(26)25(28)19(23)27)16-11-24(22-21-16)10-13-4-2-12(9-20)3-5-13/h2-8,11,28H,10H2,1H3. The zero-order valence-electron chi connectivity index (χ0n) is 14.8. The van der Waals surface area contributed by atoms with Crippen molar-refractivity contribution < 1.29 is 5.21 Å². The third kappa shape index (κ3) is 2.83.